The smallest absolute Gasteiger partial charge is 0.328 e. The molecule has 23 heavy (non-hydrogen) atoms. The molecule has 0 saturated heterocycles. The highest BCUT2D eigenvalue weighted by Crippen LogP contribution is 2.08. The lowest BCUT2D eigenvalue weighted by Gasteiger charge is -2.16. The molecule has 1 N–H and O–H groups in total. The molecule has 1 atom stereocenters. The van der Waals surface area contributed by atoms with Gasteiger partial charge in [0.15, 0.2) is 0 Å². The summed E-state index contributed by atoms with van der Waals surface area (Å²) in [5, 5.41) is 11.7. The van der Waals surface area contributed by atoms with Gasteiger partial charge in [0.05, 0.1) is 7.11 Å². The Kier molecular flexibility index (Phi) is 7.55. The van der Waals surface area contributed by atoms with Crippen LogP contribution >= 0.6 is 0 Å². The number of nitriles is 1. The number of allylic oxidation sites excluding steroid dienone is 1. The third-order valence-corrected chi connectivity index (χ3v) is 3.23. The van der Waals surface area contributed by atoms with Crippen LogP contribution < -0.4 is 5.32 Å². The lowest BCUT2D eigenvalue weighted by Crippen LogP contribution is -2.43. The highest BCUT2D eigenvalue weighted by Gasteiger charge is 2.23. The highest BCUT2D eigenvalue weighted by molar-refractivity contribution is 5.99. The van der Waals surface area contributed by atoms with Gasteiger partial charge >= 0.3 is 5.97 Å². The number of rotatable bonds is 7. The monoisotopic (exact) mass is 314 g/mol. The Hall–Kier alpha value is -2.61. The quantitative estimate of drug-likeness (QED) is 0.476. The number of esters is 1. The van der Waals surface area contributed by atoms with E-state index in [1.165, 1.54) is 7.11 Å². The van der Waals surface area contributed by atoms with Crippen molar-refractivity contribution in [3.05, 3.63) is 47.5 Å². The van der Waals surface area contributed by atoms with Crippen LogP contribution in [0.25, 0.3) is 0 Å². The summed E-state index contributed by atoms with van der Waals surface area (Å²) in [6, 6.07) is 10.4. The van der Waals surface area contributed by atoms with Gasteiger partial charge in [-0.25, -0.2) is 4.79 Å². The van der Waals surface area contributed by atoms with Gasteiger partial charge in [-0.2, -0.15) is 5.26 Å². The number of ether oxygens (including phenoxy) is 1. The van der Waals surface area contributed by atoms with Crippen molar-refractivity contribution in [1.29, 1.82) is 5.26 Å². The molecule has 0 aliphatic rings. The van der Waals surface area contributed by atoms with E-state index in [0.29, 0.717) is 18.8 Å². The molecule has 0 unspecified atom stereocenters. The summed E-state index contributed by atoms with van der Waals surface area (Å²) in [5.74, 6) is -0.755. The molecule has 0 fully saturated rings. The number of benzene rings is 1. The Labute approximate surface area is 137 Å². The highest BCUT2D eigenvalue weighted by atomic mass is 16.5. The Morgan fingerprint density at radius 1 is 1.30 bits per heavy atom. The first kappa shape index (κ1) is 18.4. The van der Waals surface area contributed by atoms with E-state index in [-0.39, 0.29) is 5.57 Å². The van der Waals surface area contributed by atoms with E-state index in [1.807, 2.05) is 50.2 Å². The van der Waals surface area contributed by atoms with E-state index in [0.717, 1.165) is 5.56 Å². The predicted octanol–water partition coefficient (Wildman–Crippen LogP) is 2.38. The second-order valence-corrected chi connectivity index (χ2v) is 5.60. The Bertz CT molecular complexity index is 600. The van der Waals surface area contributed by atoms with Gasteiger partial charge in [0.25, 0.3) is 5.91 Å². The number of carbonyl (C=O) groups excluding carboxylic acids is 2. The molecule has 1 aromatic carbocycles. The molecule has 0 spiro atoms. The molecule has 0 aromatic heterocycles. The number of methoxy groups -OCH3 is 1. The van der Waals surface area contributed by atoms with E-state index in [2.05, 4.69) is 5.32 Å². The summed E-state index contributed by atoms with van der Waals surface area (Å²) in [7, 11) is 1.27. The van der Waals surface area contributed by atoms with Gasteiger partial charge in [0.1, 0.15) is 17.7 Å². The zero-order valence-electron chi connectivity index (χ0n) is 13.7. The van der Waals surface area contributed by atoms with Crippen LogP contribution in [0.15, 0.2) is 42.0 Å². The molecule has 0 radical (unpaired) electrons. The van der Waals surface area contributed by atoms with Gasteiger partial charge in [-0.05, 0) is 17.9 Å². The number of hydrogen-bond acceptors (Lipinski definition) is 4. The lowest BCUT2D eigenvalue weighted by molar-refractivity contribution is -0.144. The number of hydrogen-bond donors (Lipinski definition) is 1. The third kappa shape index (κ3) is 6.35. The first-order valence-electron chi connectivity index (χ1n) is 7.50. The summed E-state index contributed by atoms with van der Waals surface area (Å²) >= 11 is 0. The number of nitrogens with zero attached hydrogens (tertiary/aromatic N) is 1. The van der Waals surface area contributed by atoms with E-state index in [1.54, 1.807) is 6.08 Å². The summed E-state index contributed by atoms with van der Waals surface area (Å²) < 4.78 is 4.74. The molecule has 0 heterocycles. The standard InChI is InChI=1S/C18H22N2O3/c1-13(2)9-10-15(12-19)17(21)20-16(18(22)23-3)11-14-7-5-4-6-8-14/h4-8,10,13,16H,9,11H2,1-3H3,(H,20,21)/b15-10-/t16-/m0/s1. The number of carbonyl (C=O) groups is 2. The zero-order chi connectivity index (χ0) is 17.2. The predicted molar refractivity (Wildman–Crippen MR) is 87.2 cm³/mol. The summed E-state index contributed by atoms with van der Waals surface area (Å²) in [4.78, 5) is 24.1. The SMILES string of the molecule is COC(=O)[C@H](Cc1ccccc1)NC(=O)/C(C#N)=C\CC(C)C. The fraction of sp³-hybridized carbons (Fsp3) is 0.389. The molecule has 5 nitrogen and oxygen atoms in total. The molecule has 1 amide bonds. The molecule has 1 aromatic rings. The average molecular weight is 314 g/mol. The van der Waals surface area contributed by atoms with Crippen molar-refractivity contribution in [1.82, 2.24) is 5.32 Å². The summed E-state index contributed by atoms with van der Waals surface area (Å²) in [6.07, 6.45) is 2.52. The van der Waals surface area contributed by atoms with Crippen molar-refractivity contribution in [2.45, 2.75) is 32.7 Å². The summed E-state index contributed by atoms with van der Waals surface area (Å²) in [5.41, 5.74) is 0.911. The van der Waals surface area contributed by atoms with Crippen LogP contribution in [0.2, 0.25) is 0 Å². The molecule has 0 bridgehead atoms. The summed E-state index contributed by atoms with van der Waals surface area (Å²) in [6.45, 7) is 3.99. The van der Waals surface area contributed by atoms with Crippen LogP contribution in [0.1, 0.15) is 25.8 Å². The molecular formula is C18H22N2O3. The van der Waals surface area contributed by atoms with E-state index < -0.39 is 17.9 Å². The maximum atomic E-state index is 12.2. The largest absolute Gasteiger partial charge is 0.467 e. The minimum absolute atomic E-state index is 0.0145. The first-order chi connectivity index (χ1) is 11.0. The first-order valence-corrected chi connectivity index (χ1v) is 7.50. The molecular weight excluding hydrogens is 292 g/mol. The van der Waals surface area contributed by atoms with E-state index >= 15 is 0 Å². The topological polar surface area (TPSA) is 79.2 Å². The van der Waals surface area contributed by atoms with Crippen LogP contribution in [-0.2, 0) is 20.7 Å². The Morgan fingerprint density at radius 3 is 2.48 bits per heavy atom. The van der Waals surface area contributed by atoms with Crippen LogP contribution in [-0.4, -0.2) is 25.0 Å². The maximum absolute atomic E-state index is 12.2. The van der Waals surface area contributed by atoms with E-state index in [4.69, 9.17) is 10.00 Å². The Morgan fingerprint density at radius 2 is 1.96 bits per heavy atom. The van der Waals surface area contributed by atoms with Crippen molar-refractivity contribution in [3.8, 4) is 6.07 Å². The van der Waals surface area contributed by atoms with Gasteiger partial charge in [-0.3, -0.25) is 4.79 Å². The minimum atomic E-state index is -0.828. The molecule has 0 saturated carbocycles. The molecule has 1 rings (SSSR count). The molecule has 122 valence electrons. The molecule has 0 aliphatic carbocycles. The lowest BCUT2D eigenvalue weighted by atomic mass is 10.0. The fourth-order valence-electron chi connectivity index (χ4n) is 1.96. The third-order valence-electron chi connectivity index (χ3n) is 3.23. The van der Waals surface area contributed by atoms with Crippen LogP contribution in [0.4, 0.5) is 0 Å². The van der Waals surface area contributed by atoms with Gasteiger partial charge in [-0.1, -0.05) is 50.3 Å². The van der Waals surface area contributed by atoms with Crippen molar-refractivity contribution in [2.24, 2.45) is 5.92 Å². The van der Waals surface area contributed by atoms with Crippen LogP contribution in [0.5, 0.6) is 0 Å². The fourth-order valence-corrected chi connectivity index (χ4v) is 1.96. The number of amides is 1. The minimum Gasteiger partial charge on any atom is -0.467 e. The maximum Gasteiger partial charge on any atom is 0.328 e. The Balaban J connectivity index is 2.84. The van der Waals surface area contributed by atoms with Crippen molar-refractivity contribution < 1.29 is 14.3 Å². The average Bonchev–Trinajstić information content (AvgIpc) is 2.54. The van der Waals surface area contributed by atoms with Crippen LogP contribution in [0.3, 0.4) is 0 Å². The normalized spacial score (nSPS) is 12.4. The van der Waals surface area contributed by atoms with Gasteiger partial charge in [0, 0.05) is 6.42 Å². The molecule has 0 aliphatic heterocycles. The van der Waals surface area contributed by atoms with Gasteiger partial charge in [0.2, 0.25) is 0 Å². The van der Waals surface area contributed by atoms with E-state index in [9.17, 15) is 9.59 Å². The zero-order valence-corrected chi connectivity index (χ0v) is 13.7. The van der Waals surface area contributed by atoms with Gasteiger partial charge < -0.3 is 10.1 Å². The second-order valence-electron chi connectivity index (χ2n) is 5.60. The number of nitrogens with one attached hydrogen (secondary N) is 1. The van der Waals surface area contributed by atoms with Gasteiger partial charge in [-0.15, -0.1) is 0 Å². The van der Waals surface area contributed by atoms with Crippen molar-refractivity contribution in [2.75, 3.05) is 7.11 Å². The van der Waals surface area contributed by atoms with Crippen molar-refractivity contribution >= 4 is 11.9 Å². The van der Waals surface area contributed by atoms with Crippen molar-refractivity contribution in [3.63, 3.8) is 0 Å². The second kappa shape index (κ2) is 9.42. The van der Waals surface area contributed by atoms with Crippen LogP contribution in [0, 0.1) is 17.2 Å². The molecule has 5 heteroatoms.